The van der Waals surface area contributed by atoms with Gasteiger partial charge in [-0.25, -0.2) is 4.39 Å². The fourth-order valence-corrected chi connectivity index (χ4v) is 2.99. The molecule has 1 heterocycles. The van der Waals surface area contributed by atoms with Crippen LogP contribution in [0.1, 0.15) is 34.3 Å². The third kappa shape index (κ3) is 3.07. The summed E-state index contributed by atoms with van der Waals surface area (Å²) in [5.74, 6) is -1.73. The maximum atomic E-state index is 14.4. The van der Waals surface area contributed by atoms with E-state index < -0.39 is 23.7 Å². The predicted octanol–water partition coefficient (Wildman–Crippen LogP) is 0.987. The van der Waals surface area contributed by atoms with Crippen LogP contribution in [0, 0.1) is 5.82 Å². The first kappa shape index (κ1) is 17.4. The van der Waals surface area contributed by atoms with E-state index in [-0.39, 0.29) is 42.1 Å². The zero-order chi connectivity index (χ0) is 17.1. The summed E-state index contributed by atoms with van der Waals surface area (Å²) in [6.45, 7) is -0.0676. The molecule has 2 rings (SSSR count). The first-order valence-corrected chi connectivity index (χ1v) is 7.50. The van der Waals surface area contributed by atoms with Crippen LogP contribution in [-0.2, 0) is 22.7 Å². The van der Waals surface area contributed by atoms with Gasteiger partial charge in [0.15, 0.2) is 0 Å². The molecule has 1 aliphatic rings. The molecule has 8 heteroatoms. The van der Waals surface area contributed by atoms with Gasteiger partial charge in [0, 0.05) is 42.7 Å². The van der Waals surface area contributed by atoms with E-state index in [0.717, 1.165) is 0 Å². The Hall–Kier alpha value is -1.99. The van der Waals surface area contributed by atoms with Crippen LogP contribution in [0.5, 0.6) is 0 Å². The number of nitrogens with two attached hydrogens (primary N) is 1. The number of carbonyl (C=O) groups is 3. The van der Waals surface area contributed by atoms with Crippen molar-refractivity contribution in [1.82, 2.24) is 10.2 Å². The van der Waals surface area contributed by atoms with Crippen LogP contribution in [0.2, 0.25) is 5.02 Å². The Bertz CT molecular complexity index is 666. The maximum absolute atomic E-state index is 14.4. The van der Waals surface area contributed by atoms with Gasteiger partial charge < -0.3 is 20.7 Å². The average molecular weight is 342 g/mol. The summed E-state index contributed by atoms with van der Waals surface area (Å²) in [5, 5.41) is 2.69. The lowest BCUT2D eigenvalue weighted by Gasteiger charge is -2.25. The third-order valence-corrected chi connectivity index (χ3v) is 4.24. The van der Waals surface area contributed by atoms with Crippen molar-refractivity contribution >= 4 is 29.7 Å². The van der Waals surface area contributed by atoms with Crippen molar-refractivity contribution < 1.29 is 18.8 Å². The van der Waals surface area contributed by atoms with Crippen LogP contribution in [0.25, 0.3) is 0 Å². The van der Waals surface area contributed by atoms with Crippen molar-refractivity contribution in [2.75, 3.05) is 7.05 Å². The molecule has 0 spiro atoms. The Labute approximate surface area is 137 Å². The van der Waals surface area contributed by atoms with Crippen molar-refractivity contribution in [3.05, 3.63) is 33.6 Å². The van der Waals surface area contributed by atoms with Gasteiger partial charge in [0.1, 0.15) is 18.1 Å². The van der Waals surface area contributed by atoms with E-state index >= 15 is 0 Å². The van der Waals surface area contributed by atoms with Gasteiger partial charge in [-0.2, -0.15) is 0 Å². The minimum atomic E-state index is -0.859. The molecule has 0 fully saturated rings. The molecule has 0 bridgehead atoms. The second kappa shape index (κ2) is 7.06. The summed E-state index contributed by atoms with van der Waals surface area (Å²) in [6.07, 6.45) is 0.943. The highest BCUT2D eigenvalue weighted by Crippen LogP contribution is 2.34. The number of likely N-dealkylation sites (N-methyl/N-ethyl adjacent to an activating group) is 1. The lowest BCUT2D eigenvalue weighted by molar-refractivity contribution is -0.125. The molecule has 2 amide bonds. The van der Waals surface area contributed by atoms with E-state index in [0.29, 0.717) is 11.8 Å². The Morgan fingerprint density at radius 1 is 1.61 bits per heavy atom. The lowest BCUT2D eigenvalue weighted by atomic mass is 10.0. The number of nitrogens with zero attached hydrogens (tertiary/aromatic N) is 1. The molecule has 0 saturated heterocycles. The molecule has 1 aromatic carbocycles. The SMILES string of the molecule is CNC(=O)C(CCC=O)N1Cc2c(Cl)cc(CN)c(F)c2C1=O. The second-order valence-corrected chi connectivity index (χ2v) is 5.60. The molecule has 1 atom stereocenters. The molecule has 23 heavy (non-hydrogen) atoms. The molecule has 0 radical (unpaired) electrons. The molecule has 0 aliphatic carbocycles. The van der Waals surface area contributed by atoms with Crippen LogP contribution >= 0.6 is 11.6 Å². The fraction of sp³-hybridized carbons (Fsp3) is 0.400. The van der Waals surface area contributed by atoms with E-state index in [1.54, 1.807) is 0 Å². The Balaban J connectivity index is 2.43. The highest BCUT2D eigenvalue weighted by molar-refractivity contribution is 6.32. The van der Waals surface area contributed by atoms with E-state index in [1.165, 1.54) is 18.0 Å². The molecule has 0 saturated carbocycles. The minimum Gasteiger partial charge on any atom is -0.357 e. The normalized spacial score (nSPS) is 14.6. The monoisotopic (exact) mass is 341 g/mol. The smallest absolute Gasteiger partial charge is 0.258 e. The number of hydrogen-bond donors (Lipinski definition) is 2. The number of benzene rings is 1. The summed E-state index contributed by atoms with van der Waals surface area (Å²) in [5.41, 5.74) is 5.81. The zero-order valence-electron chi connectivity index (χ0n) is 12.6. The van der Waals surface area contributed by atoms with Crippen LogP contribution in [0.15, 0.2) is 6.07 Å². The number of fused-ring (bicyclic) bond motifs is 1. The van der Waals surface area contributed by atoms with Gasteiger partial charge in [-0.05, 0) is 12.5 Å². The third-order valence-electron chi connectivity index (χ3n) is 3.90. The minimum absolute atomic E-state index is 0.0196. The Kier molecular flexibility index (Phi) is 5.33. The Morgan fingerprint density at radius 3 is 2.87 bits per heavy atom. The molecule has 1 unspecified atom stereocenters. The van der Waals surface area contributed by atoms with Gasteiger partial charge in [0.05, 0.1) is 5.56 Å². The van der Waals surface area contributed by atoms with Crippen LogP contribution in [-0.4, -0.2) is 36.1 Å². The van der Waals surface area contributed by atoms with Gasteiger partial charge in [0.25, 0.3) is 5.91 Å². The number of amides is 2. The molecule has 1 aliphatic heterocycles. The van der Waals surface area contributed by atoms with Gasteiger partial charge in [-0.1, -0.05) is 11.6 Å². The molecule has 6 nitrogen and oxygen atoms in total. The first-order valence-electron chi connectivity index (χ1n) is 7.12. The predicted molar refractivity (Wildman–Crippen MR) is 82.3 cm³/mol. The average Bonchev–Trinajstić information content (AvgIpc) is 2.89. The van der Waals surface area contributed by atoms with Crippen molar-refractivity contribution in [2.45, 2.75) is 32.0 Å². The summed E-state index contributed by atoms with van der Waals surface area (Å²) < 4.78 is 14.4. The second-order valence-electron chi connectivity index (χ2n) is 5.20. The molecule has 0 aromatic heterocycles. The molecular weight excluding hydrogens is 325 g/mol. The van der Waals surface area contributed by atoms with Crippen LogP contribution in [0.3, 0.4) is 0 Å². The number of carbonyl (C=O) groups excluding carboxylic acids is 3. The molecule has 124 valence electrons. The van der Waals surface area contributed by atoms with Crippen LogP contribution < -0.4 is 11.1 Å². The number of rotatable bonds is 6. The van der Waals surface area contributed by atoms with Crippen molar-refractivity contribution in [3.63, 3.8) is 0 Å². The molecule has 3 N–H and O–H groups in total. The summed E-state index contributed by atoms with van der Waals surface area (Å²) in [7, 11) is 1.43. The van der Waals surface area contributed by atoms with E-state index in [2.05, 4.69) is 5.32 Å². The van der Waals surface area contributed by atoms with Crippen molar-refractivity contribution in [3.8, 4) is 0 Å². The number of hydrogen-bond acceptors (Lipinski definition) is 4. The highest BCUT2D eigenvalue weighted by Gasteiger charge is 2.39. The van der Waals surface area contributed by atoms with E-state index in [4.69, 9.17) is 17.3 Å². The lowest BCUT2D eigenvalue weighted by Crippen LogP contribution is -2.46. The summed E-state index contributed by atoms with van der Waals surface area (Å²) in [6, 6.07) is 0.536. The van der Waals surface area contributed by atoms with Gasteiger partial charge >= 0.3 is 0 Å². The standard InChI is InChI=1S/C15H17ClFN3O3/c1-19-14(22)11(3-2-4-21)20-7-9-10(16)5-8(6-18)13(17)12(9)15(20)23/h4-5,11H,2-3,6-7,18H2,1H3,(H,19,22). The number of halogens is 2. The summed E-state index contributed by atoms with van der Waals surface area (Å²) in [4.78, 5) is 36.4. The van der Waals surface area contributed by atoms with Crippen LogP contribution in [0.4, 0.5) is 4.39 Å². The van der Waals surface area contributed by atoms with Gasteiger partial charge in [0.2, 0.25) is 5.91 Å². The molecular formula is C15H17ClFN3O3. The molecule has 1 aromatic rings. The van der Waals surface area contributed by atoms with E-state index in [9.17, 15) is 18.8 Å². The highest BCUT2D eigenvalue weighted by atomic mass is 35.5. The number of nitrogens with one attached hydrogen (secondary N) is 1. The fourth-order valence-electron chi connectivity index (χ4n) is 2.70. The Morgan fingerprint density at radius 2 is 2.30 bits per heavy atom. The zero-order valence-corrected chi connectivity index (χ0v) is 13.3. The van der Waals surface area contributed by atoms with Gasteiger partial charge in [-0.3, -0.25) is 9.59 Å². The number of aldehydes is 1. The first-order chi connectivity index (χ1) is 11.0. The van der Waals surface area contributed by atoms with Gasteiger partial charge in [-0.15, -0.1) is 0 Å². The van der Waals surface area contributed by atoms with Crippen molar-refractivity contribution in [1.29, 1.82) is 0 Å². The van der Waals surface area contributed by atoms with E-state index in [1.807, 2.05) is 0 Å². The largest absolute Gasteiger partial charge is 0.357 e. The van der Waals surface area contributed by atoms with Crippen molar-refractivity contribution in [2.24, 2.45) is 5.73 Å². The topological polar surface area (TPSA) is 92.5 Å². The maximum Gasteiger partial charge on any atom is 0.258 e. The quantitative estimate of drug-likeness (QED) is 0.755. The summed E-state index contributed by atoms with van der Waals surface area (Å²) >= 11 is 6.12.